The van der Waals surface area contributed by atoms with Gasteiger partial charge in [0, 0.05) is 11.1 Å². The molecule has 2 aromatic rings. The number of sulfonamides is 1. The number of carbonyl (C=O) groups is 1. The van der Waals surface area contributed by atoms with Crippen LogP contribution in [0.4, 0.5) is 0 Å². The highest BCUT2D eigenvalue weighted by Gasteiger charge is 2.20. The third kappa shape index (κ3) is 3.79. The van der Waals surface area contributed by atoms with E-state index in [0.717, 1.165) is 11.8 Å². The summed E-state index contributed by atoms with van der Waals surface area (Å²) in [7, 11) is -3.91. The van der Waals surface area contributed by atoms with Crippen LogP contribution in [0.15, 0.2) is 28.5 Å². The Hall–Kier alpha value is -1.48. The molecule has 0 aliphatic carbocycles. The normalized spacial score (nSPS) is 11.5. The molecule has 0 fully saturated rings. The molecule has 2 rings (SSSR count). The first-order valence-corrected chi connectivity index (χ1v) is 8.47. The van der Waals surface area contributed by atoms with Crippen LogP contribution >= 0.6 is 22.9 Å². The Kier molecular flexibility index (Phi) is 4.62. The van der Waals surface area contributed by atoms with Gasteiger partial charge in [-0.2, -0.15) is 0 Å². The summed E-state index contributed by atoms with van der Waals surface area (Å²) in [5, 5.41) is 11.3. The molecule has 0 saturated carbocycles. The van der Waals surface area contributed by atoms with Gasteiger partial charge in [-0.25, -0.2) is 22.9 Å². The van der Waals surface area contributed by atoms with Crippen molar-refractivity contribution in [3.63, 3.8) is 0 Å². The molecule has 0 aliphatic heterocycles. The zero-order valence-corrected chi connectivity index (χ0v) is 13.2. The van der Waals surface area contributed by atoms with Crippen LogP contribution in [0.2, 0.25) is 5.02 Å². The number of benzene rings is 1. The molecule has 0 atom stereocenters. The number of hydrogen-bond acceptors (Lipinski definition) is 5. The molecular weight excluding hydrogens is 336 g/mol. The molecule has 0 aliphatic rings. The summed E-state index contributed by atoms with van der Waals surface area (Å²) in [5.74, 6) is -1.22. The highest BCUT2D eigenvalue weighted by Crippen LogP contribution is 2.23. The van der Waals surface area contributed by atoms with Gasteiger partial charge < -0.3 is 5.11 Å². The van der Waals surface area contributed by atoms with Crippen molar-refractivity contribution in [2.45, 2.75) is 18.4 Å². The molecule has 1 heterocycles. The lowest BCUT2D eigenvalue weighted by Gasteiger charge is -2.08. The average molecular weight is 347 g/mol. The van der Waals surface area contributed by atoms with E-state index in [2.05, 4.69) is 9.71 Å². The molecule has 0 bridgehead atoms. The smallest absolute Gasteiger partial charge is 0.335 e. The summed E-state index contributed by atoms with van der Waals surface area (Å²) in [6, 6.07) is 3.51. The van der Waals surface area contributed by atoms with Gasteiger partial charge in [0.1, 0.15) is 9.90 Å². The summed E-state index contributed by atoms with van der Waals surface area (Å²) in [6.45, 7) is 1.83. The number of hydrogen-bond donors (Lipinski definition) is 2. The first-order valence-electron chi connectivity index (χ1n) is 5.73. The van der Waals surface area contributed by atoms with Crippen LogP contribution < -0.4 is 4.72 Å². The fourth-order valence-corrected chi connectivity index (χ4v) is 3.87. The van der Waals surface area contributed by atoms with Gasteiger partial charge in [0.15, 0.2) is 0 Å². The lowest BCUT2D eigenvalue weighted by atomic mass is 10.2. The van der Waals surface area contributed by atoms with Crippen LogP contribution in [0.3, 0.4) is 0 Å². The van der Waals surface area contributed by atoms with Crippen LogP contribution in [0.1, 0.15) is 21.1 Å². The number of thiazole rings is 1. The predicted octanol–water partition coefficient (Wildman–Crippen LogP) is 2.28. The Bertz CT molecular complexity index is 786. The van der Waals surface area contributed by atoms with E-state index in [1.807, 2.05) is 12.3 Å². The van der Waals surface area contributed by atoms with Crippen molar-refractivity contribution in [3.05, 3.63) is 44.9 Å². The number of carboxylic acids is 1. The lowest BCUT2D eigenvalue weighted by Crippen LogP contribution is -2.23. The molecule has 0 unspecified atom stereocenters. The maximum Gasteiger partial charge on any atom is 0.335 e. The van der Waals surface area contributed by atoms with E-state index in [1.165, 1.54) is 23.5 Å². The maximum atomic E-state index is 12.2. The average Bonchev–Trinajstić information content (AvgIpc) is 2.82. The molecule has 0 radical (unpaired) electrons. The van der Waals surface area contributed by atoms with Crippen LogP contribution in [-0.4, -0.2) is 24.5 Å². The zero-order valence-electron chi connectivity index (χ0n) is 10.8. The minimum atomic E-state index is -3.91. The van der Waals surface area contributed by atoms with E-state index in [9.17, 15) is 13.2 Å². The summed E-state index contributed by atoms with van der Waals surface area (Å²) in [4.78, 5) is 14.8. The standard InChI is InChI=1S/C12H11ClN2O4S2/c1-7-6-20-11(15-7)5-14-21(18,19)10-4-8(12(16)17)2-3-9(10)13/h2-4,6,14H,5H2,1H3,(H,16,17). The van der Waals surface area contributed by atoms with E-state index < -0.39 is 16.0 Å². The molecule has 0 spiro atoms. The molecule has 1 aromatic carbocycles. The van der Waals surface area contributed by atoms with Crippen LogP contribution in [0, 0.1) is 6.92 Å². The van der Waals surface area contributed by atoms with Gasteiger partial charge in [0.2, 0.25) is 10.0 Å². The Labute approximate surface area is 130 Å². The summed E-state index contributed by atoms with van der Waals surface area (Å²) in [6.07, 6.45) is 0. The fourth-order valence-electron chi connectivity index (χ4n) is 1.56. The zero-order chi connectivity index (χ0) is 15.6. The van der Waals surface area contributed by atoms with E-state index in [0.29, 0.717) is 5.01 Å². The van der Waals surface area contributed by atoms with Gasteiger partial charge in [-0.05, 0) is 25.1 Å². The van der Waals surface area contributed by atoms with E-state index in [1.54, 1.807) is 0 Å². The van der Waals surface area contributed by atoms with Gasteiger partial charge in [0.25, 0.3) is 0 Å². The van der Waals surface area contributed by atoms with E-state index in [-0.39, 0.29) is 22.0 Å². The second kappa shape index (κ2) is 6.10. The minimum absolute atomic E-state index is 0.0223. The number of carboxylic acid groups (broad SMARTS) is 1. The Morgan fingerprint density at radius 2 is 2.19 bits per heavy atom. The van der Waals surface area contributed by atoms with Gasteiger partial charge >= 0.3 is 5.97 Å². The monoisotopic (exact) mass is 346 g/mol. The minimum Gasteiger partial charge on any atom is -0.478 e. The van der Waals surface area contributed by atoms with Crippen molar-refractivity contribution in [1.82, 2.24) is 9.71 Å². The van der Waals surface area contributed by atoms with Crippen molar-refractivity contribution < 1.29 is 18.3 Å². The van der Waals surface area contributed by atoms with Gasteiger partial charge in [-0.3, -0.25) is 0 Å². The first-order chi connectivity index (χ1) is 9.79. The van der Waals surface area contributed by atoms with Gasteiger partial charge in [0.05, 0.1) is 17.1 Å². The number of aryl methyl sites for hydroxylation is 1. The summed E-state index contributed by atoms with van der Waals surface area (Å²) >= 11 is 7.18. The molecular formula is C12H11ClN2O4S2. The summed E-state index contributed by atoms with van der Waals surface area (Å²) in [5.41, 5.74) is 0.657. The van der Waals surface area contributed by atoms with Crippen molar-refractivity contribution >= 4 is 38.9 Å². The number of rotatable bonds is 5. The van der Waals surface area contributed by atoms with Crippen LogP contribution in [-0.2, 0) is 16.6 Å². The van der Waals surface area contributed by atoms with Gasteiger partial charge in [-0.1, -0.05) is 11.6 Å². The van der Waals surface area contributed by atoms with Gasteiger partial charge in [-0.15, -0.1) is 11.3 Å². The molecule has 0 saturated heterocycles. The van der Waals surface area contributed by atoms with Crippen molar-refractivity contribution in [1.29, 1.82) is 0 Å². The largest absolute Gasteiger partial charge is 0.478 e. The number of aromatic carboxylic acids is 1. The Balaban J connectivity index is 2.26. The topological polar surface area (TPSA) is 96.4 Å². The fraction of sp³-hybridized carbons (Fsp3) is 0.167. The second-order valence-corrected chi connectivity index (χ2v) is 7.24. The number of nitrogens with one attached hydrogen (secondary N) is 1. The molecule has 6 nitrogen and oxygen atoms in total. The Morgan fingerprint density at radius 3 is 2.76 bits per heavy atom. The number of nitrogens with zero attached hydrogens (tertiary/aromatic N) is 1. The molecule has 0 amide bonds. The predicted molar refractivity (Wildman–Crippen MR) is 79.3 cm³/mol. The second-order valence-electron chi connectivity index (χ2n) is 4.16. The van der Waals surface area contributed by atoms with Crippen LogP contribution in [0.5, 0.6) is 0 Å². The highest BCUT2D eigenvalue weighted by molar-refractivity contribution is 7.89. The molecule has 9 heteroatoms. The number of aromatic nitrogens is 1. The first kappa shape index (κ1) is 15.9. The molecule has 21 heavy (non-hydrogen) atoms. The van der Waals surface area contributed by atoms with E-state index >= 15 is 0 Å². The van der Waals surface area contributed by atoms with Crippen molar-refractivity contribution in [2.75, 3.05) is 0 Å². The van der Waals surface area contributed by atoms with Crippen LogP contribution in [0.25, 0.3) is 0 Å². The lowest BCUT2D eigenvalue weighted by molar-refractivity contribution is 0.0696. The number of halogens is 1. The molecule has 2 N–H and O–H groups in total. The maximum absolute atomic E-state index is 12.2. The van der Waals surface area contributed by atoms with Crippen molar-refractivity contribution in [2.24, 2.45) is 0 Å². The Morgan fingerprint density at radius 1 is 1.48 bits per heavy atom. The third-order valence-corrected chi connectivity index (χ3v) is 5.40. The quantitative estimate of drug-likeness (QED) is 0.865. The van der Waals surface area contributed by atoms with E-state index in [4.69, 9.17) is 16.7 Å². The molecule has 112 valence electrons. The van der Waals surface area contributed by atoms with Crippen molar-refractivity contribution in [3.8, 4) is 0 Å². The summed E-state index contributed by atoms with van der Waals surface area (Å²) < 4.78 is 26.7. The highest BCUT2D eigenvalue weighted by atomic mass is 35.5. The SMILES string of the molecule is Cc1csc(CNS(=O)(=O)c2cc(C(=O)O)ccc2Cl)n1. The molecule has 1 aromatic heterocycles. The third-order valence-electron chi connectivity index (χ3n) is 2.55.